The van der Waals surface area contributed by atoms with E-state index < -0.39 is 11.0 Å². The number of benzene rings is 1. The van der Waals surface area contributed by atoms with Crippen molar-refractivity contribution in [2.75, 3.05) is 4.90 Å². The number of hydrogen-bond acceptors (Lipinski definition) is 2. The lowest BCUT2D eigenvalue weighted by atomic mass is 9.74. The normalized spacial score (nSPS) is 38.9. The summed E-state index contributed by atoms with van der Waals surface area (Å²) in [6, 6.07) is 8.95. The molecular weight excluding hydrogens is 276 g/mol. The van der Waals surface area contributed by atoms with E-state index in [-0.39, 0.29) is 23.7 Å². The molecule has 5 heteroatoms. The second kappa shape index (κ2) is 3.98. The topological polar surface area (TPSA) is 49.4 Å². The maximum Gasteiger partial charge on any atom is 0.269 e. The van der Waals surface area contributed by atoms with Crippen LogP contribution in [0.2, 0.25) is 0 Å². The highest BCUT2D eigenvalue weighted by Gasteiger charge is 2.66. The molecule has 0 radical (unpaired) electrons. The first-order chi connectivity index (χ1) is 9.63. The summed E-state index contributed by atoms with van der Waals surface area (Å²) >= 11 is 6.57. The van der Waals surface area contributed by atoms with Gasteiger partial charge in [-0.05, 0) is 30.9 Å². The molecule has 4 fully saturated rings. The van der Waals surface area contributed by atoms with Crippen molar-refractivity contribution in [3.8, 4) is 0 Å². The number of hydrogen-bond donors (Lipinski definition) is 1. The zero-order valence-corrected chi connectivity index (χ0v) is 11.6. The standard InChI is InChI=1S/C15H15ClN2O2/c16-15-11-8-4-7-10(11)12(13(19)17-15)18(14(15)20)9-5-2-1-3-6-9/h1-3,5-6,10-12H,4,7-8H2,(H,17,19)/t10-,11+,12+,15+/m0/s1. The highest BCUT2D eigenvalue weighted by atomic mass is 35.5. The molecule has 3 heterocycles. The molecule has 3 aliphatic heterocycles. The maximum atomic E-state index is 12.8. The fraction of sp³-hybridized carbons (Fsp3) is 0.467. The van der Waals surface area contributed by atoms with Gasteiger partial charge in [0.1, 0.15) is 6.04 Å². The summed E-state index contributed by atoms with van der Waals surface area (Å²) < 4.78 is 0. The largest absolute Gasteiger partial charge is 0.327 e. The van der Waals surface area contributed by atoms with Gasteiger partial charge in [0.25, 0.3) is 5.91 Å². The van der Waals surface area contributed by atoms with Gasteiger partial charge in [-0.15, -0.1) is 0 Å². The number of rotatable bonds is 1. The van der Waals surface area contributed by atoms with E-state index in [1.165, 1.54) is 0 Å². The van der Waals surface area contributed by atoms with Gasteiger partial charge in [0.2, 0.25) is 5.91 Å². The summed E-state index contributed by atoms with van der Waals surface area (Å²) in [5.41, 5.74) is 0.757. The molecule has 20 heavy (non-hydrogen) atoms. The highest BCUT2D eigenvalue weighted by molar-refractivity contribution is 6.40. The minimum absolute atomic E-state index is 0.0688. The van der Waals surface area contributed by atoms with Crippen molar-refractivity contribution in [2.24, 2.45) is 11.8 Å². The minimum Gasteiger partial charge on any atom is -0.327 e. The SMILES string of the molecule is O=C1N[C@@]2(Cl)C(=O)N(c3ccccc3)[C@@H]1[C@H]1CCC[C@H]12. The molecule has 4 atom stereocenters. The number of halogens is 1. The Morgan fingerprint density at radius 1 is 1.20 bits per heavy atom. The predicted molar refractivity (Wildman–Crippen MR) is 75.3 cm³/mol. The van der Waals surface area contributed by atoms with E-state index in [4.69, 9.17) is 11.6 Å². The molecular formula is C15H15ClN2O2. The predicted octanol–water partition coefficient (Wildman–Crippen LogP) is 1.88. The summed E-state index contributed by atoms with van der Waals surface area (Å²) in [6.07, 6.45) is 2.92. The number of carbonyl (C=O) groups is 2. The summed E-state index contributed by atoms with van der Waals surface area (Å²) in [5, 5.41) is 2.75. The highest BCUT2D eigenvalue weighted by Crippen LogP contribution is 2.52. The molecule has 0 spiro atoms. The van der Waals surface area contributed by atoms with Crippen molar-refractivity contribution in [3.05, 3.63) is 30.3 Å². The van der Waals surface area contributed by atoms with Crippen molar-refractivity contribution in [1.82, 2.24) is 5.32 Å². The van der Waals surface area contributed by atoms with E-state index in [0.29, 0.717) is 0 Å². The summed E-state index contributed by atoms with van der Waals surface area (Å²) in [4.78, 5) is 25.5. The number of nitrogens with zero attached hydrogens (tertiary/aromatic N) is 1. The molecule has 1 aromatic rings. The van der Waals surface area contributed by atoms with Gasteiger partial charge in [-0.2, -0.15) is 0 Å². The van der Waals surface area contributed by atoms with Gasteiger partial charge < -0.3 is 5.32 Å². The van der Waals surface area contributed by atoms with Crippen molar-refractivity contribution >= 4 is 29.1 Å². The van der Waals surface area contributed by atoms with Gasteiger partial charge in [0, 0.05) is 11.6 Å². The van der Waals surface area contributed by atoms with Gasteiger partial charge >= 0.3 is 0 Å². The lowest BCUT2D eigenvalue weighted by Gasteiger charge is -2.54. The van der Waals surface area contributed by atoms with Gasteiger partial charge in [0.15, 0.2) is 5.00 Å². The molecule has 1 aliphatic carbocycles. The first kappa shape index (κ1) is 12.2. The van der Waals surface area contributed by atoms with E-state index in [1.807, 2.05) is 30.3 Å². The lowest BCUT2D eigenvalue weighted by Crippen LogP contribution is -2.78. The van der Waals surface area contributed by atoms with Crippen LogP contribution in [0.1, 0.15) is 19.3 Å². The molecule has 5 rings (SSSR count). The monoisotopic (exact) mass is 290 g/mol. The van der Waals surface area contributed by atoms with Crippen LogP contribution in [0.4, 0.5) is 5.69 Å². The van der Waals surface area contributed by atoms with E-state index in [1.54, 1.807) is 4.90 Å². The van der Waals surface area contributed by atoms with Crippen molar-refractivity contribution in [2.45, 2.75) is 30.3 Å². The van der Waals surface area contributed by atoms with E-state index in [0.717, 1.165) is 24.9 Å². The molecule has 0 unspecified atom stereocenters. The molecule has 4 aliphatic rings. The number of para-hydroxylation sites is 1. The third kappa shape index (κ3) is 1.37. The average Bonchev–Trinajstić information content (AvgIpc) is 2.93. The molecule has 104 valence electrons. The smallest absolute Gasteiger partial charge is 0.269 e. The lowest BCUT2D eigenvalue weighted by molar-refractivity contribution is -0.144. The Labute approximate surface area is 122 Å². The van der Waals surface area contributed by atoms with Crippen molar-refractivity contribution in [3.63, 3.8) is 0 Å². The molecule has 3 saturated heterocycles. The maximum absolute atomic E-state index is 12.8. The molecule has 2 amide bonds. The number of carbonyl (C=O) groups excluding carboxylic acids is 2. The molecule has 1 N–H and O–H groups in total. The Morgan fingerprint density at radius 2 is 1.95 bits per heavy atom. The number of amides is 2. The third-order valence-electron chi connectivity index (χ3n) is 4.90. The zero-order chi connectivity index (χ0) is 13.9. The van der Waals surface area contributed by atoms with Crippen LogP contribution < -0.4 is 10.2 Å². The number of nitrogens with one attached hydrogen (secondary N) is 1. The van der Waals surface area contributed by atoms with Crippen molar-refractivity contribution in [1.29, 1.82) is 0 Å². The Kier molecular flexibility index (Phi) is 2.43. The van der Waals surface area contributed by atoms with E-state index in [2.05, 4.69) is 5.32 Å². The Balaban J connectivity index is 1.85. The zero-order valence-electron chi connectivity index (χ0n) is 10.9. The average molecular weight is 291 g/mol. The second-order valence-corrected chi connectivity index (χ2v) is 6.45. The molecule has 1 saturated carbocycles. The summed E-state index contributed by atoms with van der Waals surface area (Å²) in [7, 11) is 0. The van der Waals surface area contributed by atoms with Crippen LogP contribution in [-0.2, 0) is 9.59 Å². The number of piperidine rings is 2. The van der Waals surface area contributed by atoms with Crippen LogP contribution in [0, 0.1) is 11.8 Å². The third-order valence-corrected chi connectivity index (χ3v) is 5.44. The Morgan fingerprint density at radius 3 is 2.70 bits per heavy atom. The first-order valence-electron chi connectivity index (χ1n) is 7.02. The number of piperazine rings is 1. The second-order valence-electron chi connectivity index (χ2n) is 5.86. The van der Waals surface area contributed by atoms with Crippen LogP contribution in [0.3, 0.4) is 0 Å². The summed E-state index contributed by atoms with van der Waals surface area (Å²) in [6.45, 7) is 0. The molecule has 2 bridgehead atoms. The quantitative estimate of drug-likeness (QED) is 0.634. The van der Waals surface area contributed by atoms with Crippen LogP contribution in [0.25, 0.3) is 0 Å². The fourth-order valence-corrected chi connectivity index (χ4v) is 4.54. The van der Waals surface area contributed by atoms with Gasteiger partial charge in [-0.3, -0.25) is 14.5 Å². The molecule has 4 nitrogen and oxygen atoms in total. The molecule has 0 aromatic heterocycles. The van der Waals surface area contributed by atoms with Crippen LogP contribution in [0.5, 0.6) is 0 Å². The fourth-order valence-electron chi connectivity index (χ4n) is 4.09. The minimum atomic E-state index is -1.25. The number of alkyl halides is 1. The van der Waals surface area contributed by atoms with E-state index in [9.17, 15) is 9.59 Å². The van der Waals surface area contributed by atoms with Crippen LogP contribution >= 0.6 is 11.6 Å². The number of anilines is 1. The van der Waals surface area contributed by atoms with Gasteiger partial charge in [0.05, 0.1) is 0 Å². The van der Waals surface area contributed by atoms with Gasteiger partial charge in [-0.25, -0.2) is 0 Å². The van der Waals surface area contributed by atoms with Crippen LogP contribution in [-0.4, -0.2) is 22.9 Å². The first-order valence-corrected chi connectivity index (χ1v) is 7.40. The van der Waals surface area contributed by atoms with Crippen LogP contribution in [0.15, 0.2) is 30.3 Å². The Bertz CT molecular complexity index is 591. The number of fused-ring (bicyclic) bond motifs is 2. The van der Waals surface area contributed by atoms with Crippen molar-refractivity contribution < 1.29 is 9.59 Å². The molecule has 1 aromatic carbocycles. The Hall–Kier alpha value is -1.55. The van der Waals surface area contributed by atoms with Gasteiger partial charge in [-0.1, -0.05) is 36.2 Å². The summed E-state index contributed by atoms with van der Waals surface area (Å²) in [5.74, 6) is -0.0526. The van der Waals surface area contributed by atoms with E-state index >= 15 is 0 Å².